The van der Waals surface area contributed by atoms with E-state index in [4.69, 9.17) is 4.74 Å². The molecule has 0 radical (unpaired) electrons. The lowest BCUT2D eigenvalue weighted by atomic mass is 9.74. The average molecular weight is 356 g/mol. The van der Waals surface area contributed by atoms with Gasteiger partial charge in [0, 0.05) is 22.6 Å². The summed E-state index contributed by atoms with van der Waals surface area (Å²) < 4.78 is 6.02. The Labute approximate surface area is 158 Å². The first-order chi connectivity index (χ1) is 13.1. The topological polar surface area (TPSA) is 43.4 Å². The maximum absolute atomic E-state index is 13.4. The summed E-state index contributed by atoms with van der Waals surface area (Å²) in [7, 11) is 0. The van der Waals surface area contributed by atoms with Crippen LogP contribution in [0.4, 0.5) is 0 Å². The van der Waals surface area contributed by atoms with E-state index in [1.807, 2.05) is 67.6 Å². The van der Waals surface area contributed by atoms with E-state index in [1.165, 1.54) is 6.92 Å². The normalized spacial score (nSPS) is 13.9. The van der Waals surface area contributed by atoms with Crippen LogP contribution in [0.3, 0.4) is 0 Å². The van der Waals surface area contributed by atoms with Crippen molar-refractivity contribution in [3.63, 3.8) is 0 Å². The fourth-order valence-corrected chi connectivity index (χ4v) is 3.77. The fourth-order valence-electron chi connectivity index (χ4n) is 3.77. The largest absolute Gasteiger partial charge is 0.457 e. The molecule has 3 heteroatoms. The molecule has 1 unspecified atom stereocenters. The summed E-state index contributed by atoms with van der Waals surface area (Å²) in [6.45, 7) is 3.47. The minimum absolute atomic E-state index is 0.142. The van der Waals surface area contributed by atoms with Crippen molar-refractivity contribution in [2.75, 3.05) is 0 Å². The van der Waals surface area contributed by atoms with Crippen LogP contribution in [0.5, 0.6) is 11.5 Å². The maximum Gasteiger partial charge on any atom is 0.174 e. The monoisotopic (exact) mass is 356 g/mol. The van der Waals surface area contributed by atoms with Gasteiger partial charge >= 0.3 is 0 Å². The maximum atomic E-state index is 13.4. The van der Waals surface area contributed by atoms with Crippen molar-refractivity contribution in [1.82, 2.24) is 0 Å². The second kappa shape index (κ2) is 6.84. The van der Waals surface area contributed by atoms with Crippen LogP contribution >= 0.6 is 0 Å². The third-order valence-corrected chi connectivity index (χ3v) is 5.12. The molecule has 4 rings (SSSR count). The number of ketones is 2. The first-order valence-corrected chi connectivity index (χ1v) is 9.03. The molecular formula is C24H20O3. The van der Waals surface area contributed by atoms with E-state index in [2.05, 4.69) is 0 Å². The second-order valence-corrected chi connectivity index (χ2v) is 6.97. The number of hydrogen-bond donors (Lipinski definition) is 0. The van der Waals surface area contributed by atoms with E-state index in [0.29, 0.717) is 17.1 Å². The molecule has 3 aromatic rings. The van der Waals surface area contributed by atoms with Crippen LogP contribution in [0.1, 0.15) is 39.9 Å². The number of rotatable bonds is 4. The molecule has 0 N–H and O–H groups in total. The van der Waals surface area contributed by atoms with Crippen LogP contribution in [0.25, 0.3) is 0 Å². The number of hydrogen-bond acceptors (Lipinski definition) is 3. The third-order valence-electron chi connectivity index (χ3n) is 5.12. The van der Waals surface area contributed by atoms with Crippen molar-refractivity contribution in [3.8, 4) is 11.5 Å². The molecule has 1 heterocycles. The lowest BCUT2D eigenvalue weighted by Crippen LogP contribution is -2.31. The summed E-state index contributed by atoms with van der Waals surface area (Å²) in [5, 5.41) is 0. The summed E-state index contributed by atoms with van der Waals surface area (Å²) in [4.78, 5) is 26.0. The van der Waals surface area contributed by atoms with Gasteiger partial charge in [-0.1, -0.05) is 66.2 Å². The van der Waals surface area contributed by atoms with E-state index in [1.54, 1.807) is 12.1 Å². The van der Waals surface area contributed by atoms with Crippen molar-refractivity contribution in [1.29, 1.82) is 0 Å². The van der Waals surface area contributed by atoms with Gasteiger partial charge in [0.1, 0.15) is 17.3 Å². The average Bonchev–Trinajstić information content (AvgIpc) is 2.68. The second-order valence-electron chi connectivity index (χ2n) is 6.97. The highest BCUT2D eigenvalue weighted by atomic mass is 16.5. The molecule has 0 amide bonds. The van der Waals surface area contributed by atoms with Crippen molar-refractivity contribution < 1.29 is 14.3 Å². The molecule has 134 valence electrons. The van der Waals surface area contributed by atoms with Crippen LogP contribution in [0.2, 0.25) is 0 Å². The number of fused-ring (bicyclic) bond motifs is 2. The Bertz CT molecular complexity index is 972. The molecular weight excluding hydrogens is 336 g/mol. The van der Waals surface area contributed by atoms with E-state index < -0.39 is 5.92 Å². The Morgan fingerprint density at radius 1 is 0.815 bits per heavy atom. The molecule has 1 aliphatic heterocycles. The molecule has 3 aromatic carbocycles. The van der Waals surface area contributed by atoms with Gasteiger partial charge < -0.3 is 4.74 Å². The van der Waals surface area contributed by atoms with Crippen molar-refractivity contribution in [2.45, 2.75) is 19.8 Å². The highest BCUT2D eigenvalue weighted by Crippen LogP contribution is 2.48. The lowest BCUT2D eigenvalue weighted by Gasteiger charge is -2.32. The Morgan fingerprint density at radius 2 is 1.33 bits per heavy atom. The molecule has 0 aliphatic carbocycles. The van der Waals surface area contributed by atoms with Gasteiger partial charge in [0.25, 0.3) is 0 Å². The van der Waals surface area contributed by atoms with Crippen LogP contribution in [-0.4, -0.2) is 11.6 Å². The van der Waals surface area contributed by atoms with Crippen molar-refractivity contribution in [3.05, 3.63) is 95.1 Å². The van der Waals surface area contributed by atoms with Gasteiger partial charge in [-0.25, -0.2) is 0 Å². The molecule has 0 spiro atoms. The van der Waals surface area contributed by atoms with Crippen molar-refractivity contribution in [2.24, 2.45) is 5.92 Å². The Kier molecular flexibility index (Phi) is 4.36. The zero-order valence-corrected chi connectivity index (χ0v) is 15.3. The number of aryl methyl sites for hydroxylation is 1. The Hall–Kier alpha value is -3.20. The number of carbonyl (C=O) groups is 2. The molecule has 3 nitrogen and oxygen atoms in total. The predicted octanol–water partition coefficient (Wildman–Crippen LogP) is 5.32. The molecule has 0 saturated heterocycles. The van der Waals surface area contributed by atoms with Gasteiger partial charge in [-0.2, -0.15) is 0 Å². The van der Waals surface area contributed by atoms with Crippen LogP contribution < -0.4 is 4.74 Å². The van der Waals surface area contributed by atoms with Gasteiger partial charge in [0.15, 0.2) is 5.78 Å². The van der Waals surface area contributed by atoms with E-state index >= 15 is 0 Å². The Morgan fingerprint density at radius 3 is 1.85 bits per heavy atom. The third kappa shape index (κ3) is 3.06. The summed E-state index contributed by atoms with van der Waals surface area (Å²) in [5.41, 5.74) is 3.38. The molecule has 27 heavy (non-hydrogen) atoms. The van der Waals surface area contributed by atoms with Crippen LogP contribution in [0, 0.1) is 12.8 Å². The highest BCUT2D eigenvalue weighted by Gasteiger charge is 2.39. The van der Waals surface area contributed by atoms with Gasteiger partial charge in [0.05, 0.1) is 5.92 Å². The van der Waals surface area contributed by atoms with Gasteiger partial charge in [0.2, 0.25) is 0 Å². The molecule has 0 bridgehead atoms. The SMILES string of the molecule is CC(=O)C(C(=O)c1ccc(C)cc1)C1c2ccccc2Oc2ccccc21. The summed E-state index contributed by atoms with van der Waals surface area (Å²) >= 11 is 0. The number of benzene rings is 3. The molecule has 1 atom stereocenters. The van der Waals surface area contributed by atoms with E-state index in [9.17, 15) is 9.59 Å². The van der Waals surface area contributed by atoms with E-state index in [0.717, 1.165) is 16.7 Å². The zero-order valence-electron chi connectivity index (χ0n) is 15.3. The number of ether oxygens (including phenoxy) is 1. The summed E-state index contributed by atoms with van der Waals surface area (Å²) in [6, 6.07) is 22.7. The minimum atomic E-state index is -0.793. The first kappa shape index (κ1) is 17.2. The molecule has 0 saturated carbocycles. The molecule has 0 fully saturated rings. The summed E-state index contributed by atoms with van der Waals surface area (Å²) in [5.74, 6) is -0.0549. The quantitative estimate of drug-likeness (QED) is 0.469. The number of Topliss-reactive ketones (excluding diaryl/α,β-unsaturated/α-hetero) is 2. The fraction of sp³-hybridized carbons (Fsp3) is 0.167. The minimum Gasteiger partial charge on any atom is -0.457 e. The smallest absolute Gasteiger partial charge is 0.174 e. The van der Waals surface area contributed by atoms with E-state index in [-0.39, 0.29) is 17.5 Å². The van der Waals surface area contributed by atoms with Gasteiger partial charge in [-0.05, 0) is 26.0 Å². The first-order valence-electron chi connectivity index (χ1n) is 9.03. The highest BCUT2D eigenvalue weighted by molar-refractivity contribution is 6.11. The van der Waals surface area contributed by atoms with Crippen molar-refractivity contribution >= 4 is 11.6 Å². The van der Waals surface area contributed by atoms with Crippen LogP contribution in [0.15, 0.2) is 72.8 Å². The van der Waals surface area contributed by atoms with Gasteiger partial charge in [-0.3, -0.25) is 9.59 Å². The predicted molar refractivity (Wildman–Crippen MR) is 104 cm³/mol. The molecule has 0 aromatic heterocycles. The number of para-hydroxylation sites is 2. The number of carbonyl (C=O) groups excluding carboxylic acids is 2. The summed E-state index contributed by atoms with van der Waals surface area (Å²) in [6.07, 6.45) is 0. The Balaban J connectivity index is 1.87. The zero-order chi connectivity index (χ0) is 19.0. The molecule has 1 aliphatic rings. The lowest BCUT2D eigenvalue weighted by molar-refractivity contribution is -0.119. The standard InChI is InChI=1S/C24H20O3/c1-15-11-13-17(14-12-15)24(26)22(16(2)25)23-18-7-3-5-9-20(18)27-21-10-6-4-8-19(21)23/h3-14,22-23H,1-2H3. The van der Waals surface area contributed by atoms with Crippen LogP contribution in [-0.2, 0) is 4.79 Å². The van der Waals surface area contributed by atoms with Gasteiger partial charge in [-0.15, -0.1) is 0 Å².